The molecule has 1 saturated heterocycles. The Labute approximate surface area is 124 Å². The van der Waals surface area contributed by atoms with E-state index in [4.69, 9.17) is 5.11 Å². The minimum Gasteiger partial charge on any atom is -0.481 e. The van der Waals surface area contributed by atoms with Crippen molar-refractivity contribution in [1.29, 1.82) is 0 Å². The van der Waals surface area contributed by atoms with Crippen molar-refractivity contribution < 1.29 is 27.9 Å². The quantitative estimate of drug-likeness (QED) is 0.923. The number of alkyl halides is 3. The first kappa shape index (κ1) is 16.3. The van der Waals surface area contributed by atoms with Gasteiger partial charge in [0.1, 0.15) is 0 Å². The molecule has 1 aliphatic rings. The molecule has 2 heterocycles. The normalized spacial score (nSPS) is 22.1. The van der Waals surface area contributed by atoms with Gasteiger partial charge in [-0.2, -0.15) is 18.3 Å². The molecule has 122 valence electrons. The number of carboxylic acid groups (broad SMARTS) is 1. The first-order chi connectivity index (χ1) is 10.1. The smallest absolute Gasteiger partial charge is 0.433 e. The standard InChI is InChI=1S/C13H16F3N3O3/c1-3-19-9(13(14,15)16)8(6-17-19)10(20)18-5-4-12(2,7-18)11(21)22/h6H,3-5,7H2,1-2H3,(H,21,22). The van der Waals surface area contributed by atoms with E-state index in [9.17, 15) is 22.8 Å². The van der Waals surface area contributed by atoms with Crippen molar-refractivity contribution in [3.8, 4) is 0 Å². The second-order valence-corrected chi connectivity index (χ2v) is 5.56. The van der Waals surface area contributed by atoms with Gasteiger partial charge in [-0.05, 0) is 20.3 Å². The third-order valence-corrected chi connectivity index (χ3v) is 3.91. The highest BCUT2D eigenvalue weighted by Crippen LogP contribution is 2.35. The number of hydrogen-bond donors (Lipinski definition) is 1. The van der Waals surface area contributed by atoms with E-state index in [0.717, 1.165) is 15.8 Å². The molecule has 6 nitrogen and oxygen atoms in total. The summed E-state index contributed by atoms with van der Waals surface area (Å²) in [7, 11) is 0. The van der Waals surface area contributed by atoms with Crippen LogP contribution in [0.1, 0.15) is 36.3 Å². The molecule has 1 N–H and O–H groups in total. The Balaban J connectivity index is 2.32. The number of halogens is 3. The van der Waals surface area contributed by atoms with Crippen molar-refractivity contribution in [3.05, 3.63) is 17.5 Å². The molecule has 1 aromatic rings. The fourth-order valence-electron chi connectivity index (χ4n) is 2.56. The first-order valence-corrected chi connectivity index (χ1v) is 6.76. The van der Waals surface area contributed by atoms with Crippen molar-refractivity contribution in [3.63, 3.8) is 0 Å². The third kappa shape index (κ3) is 2.67. The Bertz CT molecular complexity index is 611. The van der Waals surface area contributed by atoms with E-state index in [2.05, 4.69) is 5.10 Å². The summed E-state index contributed by atoms with van der Waals surface area (Å²) in [5.41, 5.74) is -2.76. The van der Waals surface area contributed by atoms with Crippen molar-refractivity contribution >= 4 is 11.9 Å². The molecule has 1 aliphatic heterocycles. The average molecular weight is 319 g/mol. The zero-order valence-electron chi connectivity index (χ0n) is 12.1. The van der Waals surface area contributed by atoms with Crippen LogP contribution in [0.3, 0.4) is 0 Å². The summed E-state index contributed by atoms with van der Waals surface area (Å²) in [5, 5.41) is 12.7. The van der Waals surface area contributed by atoms with Gasteiger partial charge in [-0.15, -0.1) is 0 Å². The van der Waals surface area contributed by atoms with Crippen LogP contribution in [0.25, 0.3) is 0 Å². The summed E-state index contributed by atoms with van der Waals surface area (Å²) in [6.45, 7) is 2.94. The van der Waals surface area contributed by atoms with Crippen molar-refractivity contribution in [2.75, 3.05) is 13.1 Å². The van der Waals surface area contributed by atoms with Crippen molar-refractivity contribution in [1.82, 2.24) is 14.7 Å². The highest BCUT2D eigenvalue weighted by Gasteiger charge is 2.45. The molecule has 0 bridgehead atoms. The number of carbonyl (C=O) groups is 2. The summed E-state index contributed by atoms with van der Waals surface area (Å²) in [5.74, 6) is -1.90. The van der Waals surface area contributed by atoms with E-state index in [-0.39, 0.29) is 26.1 Å². The number of nitrogens with zero attached hydrogens (tertiary/aromatic N) is 3. The van der Waals surface area contributed by atoms with Crippen LogP contribution >= 0.6 is 0 Å². The van der Waals surface area contributed by atoms with Crippen LogP contribution in [-0.4, -0.2) is 44.8 Å². The molecule has 1 fully saturated rings. The molecule has 1 unspecified atom stereocenters. The lowest BCUT2D eigenvalue weighted by Crippen LogP contribution is -2.35. The minimum atomic E-state index is -4.70. The van der Waals surface area contributed by atoms with Crippen LogP contribution in [0.5, 0.6) is 0 Å². The molecule has 0 radical (unpaired) electrons. The maximum Gasteiger partial charge on any atom is 0.433 e. The van der Waals surface area contributed by atoms with E-state index < -0.39 is 34.7 Å². The van der Waals surface area contributed by atoms with Gasteiger partial charge in [0.2, 0.25) is 0 Å². The summed E-state index contributed by atoms with van der Waals surface area (Å²) >= 11 is 0. The number of aliphatic carboxylic acids is 1. The fraction of sp³-hybridized carbons (Fsp3) is 0.615. The zero-order valence-corrected chi connectivity index (χ0v) is 12.1. The van der Waals surface area contributed by atoms with E-state index >= 15 is 0 Å². The average Bonchev–Trinajstić information content (AvgIpc) is 3.01. The summed E-state index contributed by atoms with van der Waals surface area (Å²) in [4.78, 5) is 24.6. The van der Waals surface area contributed by atoms with E-state index in [1.165, 1.54) is 13.8 Å². The number of aryl methyl sites for hydroxylation is 1. The Hall–Kier alpha value is -2.06. The van der Waals surface area contributed by atoms with Crippen LogP contribution in [0, 0.1) is 5.41 Å². The molecule has 1 aromatic heterocycles. The highest BCUT2D eigenvalue weighted by molar-refractivity contribution is 5.96. The van der Waals surface area contributed by atoms with Crippen molar-refractivity contribution in [2.45, 2.75) is 33.0 Å². The third-order valence-electron chi connectivity index (χ3n) is 3.91. The van der Waals surface area contributed by atoms with Gasteiger partial charge < -0.3 is 10.0 Å². The largest absolute Gasteiger partial charge is 0.481 e. The molecule has 1 atom stereocenters. The topological polar surface area (TPSA) is 75.4 Å². The number of rotatable bonds is 3. The van der Waals surface area contributed by atoms with Crippen LogP contribution < -0.4 is 0 Å². The van der Waals surface area contributed by atoms with Gasteiger partial charge in [-0.1, -0.05) is 0 Å². The Kier molecular flexibility index (Phi) is 3.92. The molecule has 0 aromatic carbocycles. The van der Waals surface area contributed by atoms with Gasteiger partial charge >= 0.3 is 12.1 Å². The highest BCUT2D eigenvalue weighted by atomic mass is 19.4. The molecule has 1 amide bonds. The lowest BCUT2D eigenvalue weighted by molar-refractivity contribution is -0.147. The number of aromatic nitrogens is 2. The van der Waals surface area contributed by atoms with E-state index in [0.29, 0.717) is 0 Å². The molecule has 0 saturated carbocycles. The summed E-state index contributed by atoms with van der Waals surface area (Å²) < 4.78 is 40.1. The SMILES string of the molecule is CCn1ncc(C(=O)N2CCC(C)(C(=O)O)C2)c1C(F)(F)F. The second kappa shape index (κ2) is 5.29. The van der Waals surface area contributed by atoms with Gasteiger partial charge in [-0.25, -0.2) is 0 Å². The summed E-state index contributed by atoms with van der Waals surface area (Å²) in [6, 6.07) is 0. The van der Waals surface area contributed by atoms with Gasteiger partial charge in [0.15, 0.2) is 5.69 Å². The number of amides is 1. The Morgan fingerprint density at radius 2 is 2.09 bits per heavy atom. The predicted octanol–water partition coefficient (Wildman–Crippen LogP) is 1.86. The van der Waals surface area contributed by atoms with Crippen molar-refractivity contribution in [2.24, 2.45) is 5.41 Å². The van der Waals surface area contributed by atoms with Crippen LogP contribution in [0.4, 0.5) is 13.2 Å². The number of carbonyl (C=O) groups excluding carboxylic acids is 1. The maximum atomic E-state index is 13.1. The number of carboxylic acids is 1. The second-order valence-electron chi connectivity index (χ2n) is 5.56. The molecule has 0 spiro atoms. The number of hydrogen-bond acceptors (Lipinski definition) is 3. The Morgan fingerprint density at radius 1 is 1.45 bits per heavy atom. The molecule has 0 aliphatic carbocycles. The molecule has 2 rings (SSSR count). The fourth-order valence-corrected chi connectivity index (χ4v) is 2.56. The van der Waals surface area contributed by atoms with Crippen LogP contribution in [-0.2, 0) is 17.5 Å². The molecular formula is C13H16F3N3O3. The number of likely N-dealkylation sites (tertiary alicyclic amines) is 1. The Morgan fingerprint density at radius 3 is 2.55 bits per heavy atom. The summed E-state index contributed by atoms with van der Waals surface area (Å²) in [6.07, 6.45) is -3.60. The molecular weight excluding hydrogens is 303 g/mol. The monoisotopic (exact) mass is 319 g/mol. The van der Waals surface area contributed by atoms with Gasteiger partial charge in [0.25, 0.3) is 5.91 Å². The maximum absolute atomic E-state index is 13.1. The molecule has 22 heavy (non-hydrogen) atoms. The first-order valence-electron chi connectivity index (χ1n) is 6.76. The minimum absolute atomic E-state index is 0.0189. The van der Waals surface area contributed by atoms with Crippen LogP contribution in [0.15, 0.2) is 6.20 Å². The van der Waals surface area contributed by atoms with Gasteiger partial charge in [-0.3, -0.25) is 14.3 Å². The van der Waals surface area contributed by atoms with Gasteiger partial charge in [0, 0.05) is 19.6 Å². The lowest BCUT2D eigenvalue weighted by atomic mass is 9.90. The van der Waals surface area contributed by atoms with Gasteiger partial charge in [0.05, 0.1) is 17.2 Å². The predicted molar refractivity (Wildman–Crippen MR) is 69.2 cm³/mol. The van der Waals surface area contributed by atoms with E-state index in [1.54, 1.807) is 0 Å². The van der Waals surface area contributed by atoms with E-state index in [1.807, 2.05) is 0 Å². The lowest BCUT2D eigenvalue weighted by Gasteiger charge is -2.20. The zero-order chi connectivity index (χ0) is 16.7. The van der Waals surface area contributed by atoms with Crippen LogP contribution in [0.2, 0.25) is 0 Å². The molecule has 9 heteroatoms.